The van der Waals surface area contributed by atoms with Gasteiger partial charge in [-0.3, -0.25) is 4.79 Å². The molecule has 2 aromatic rings. The first-order chi connectivity index (χ1) is 13.8. The second-order valence-electron chi connectivity index (χ2n) is 6.41. The number of anilines is 1. The molecule has 0 aliphatic carbocycles. The van der Waals surface area contributed by atoms with Gasteiger partial charge in [-0.15, -0.1) is 0 Å². The molecule has 6 nitrogen and oxygen atoms in total. The Labute approximate surface area is 173 Å². The maximum Gasteiger partial charge on any atom is 0.248 e. The maximum absolute atomic E-state index is 12.8. The Bertz CT molecular complexity index is 963. The lowest BCUT2D eigenvalue weighted by Gasteiger charge is -2.19. The van der Waals surface area contributed by atoms with E-state index >= 15 is 0 Å². The summed E-state index contributed by atoms with van der Waals surface area (Å²) in [4.78, 5) is 12.5. The average Bonchev–Trinajstić information content (AvgIpc) is 2.69. The molecule has 0 heterocycles. The van der Waals surface area contributed by atoms with Gasteiger partial charge < -0.3 is 10.1 Å². The molecule has 0 aliphatic rings. The first-order valence-corrected chi connectivity index (χ1v) is 11.1. The monoisotopic (exact) mass is 416 g/mol. The highest BCUT2D eigenvalue weighted by Crippen LogP contribution is 2.29. The number of carbonyl (C=O) groups is 1. The van der Waals surface area contributed by atoms with Gasteiger partial charge in [0, 0.05) is 19.2 Å². The minimum absolute atomic E-state index is 0.113. The van der Waals surface area contributed by atoms with Crippen molar-refractivity contribution in [1.29, 1.82) is 0 Å². The number of amides is 1. The van der Waals surface area contributed by atoms with Crippen molar-refractivity contribution in [2.45, 2.75) is 32.6 Å². The van der Waals surface area contributed by atoms with Gasteiger partial charge in [-0.2, -0.15) is 4.31 Å². The van der Waals surface area contributed by atoms with Gasteiger partial charge in [-0.1, -0.05) is 43.7 Å². The zero-order chi connectivity index (χ0) is 21.4. The third-order valence-corrected chi connectivity index (χ3v) is 6.40. The Morgan fingerprint density at radius 3 is 2.31 bits per heavy atom. The van der Waals surface area contributed by atoms with E-state index in [9.17, 15) is 13.2 Å². The van der Waals surface area contributed by atoms with E-state index in [4.69, 9.17) is 4.74 Å². The molecule has 0 radical (unpaired) electrons. The zero-order valence-corrected chi connectivity index (χ0v) is 18.1. The predicted molar refractivity (Wildman–Crippen MR) is 117 cm³/mol. The standard InChI is InChI=1S/C22H28N2O4S/c1-5-24(6-2)29(26,27)19-13-14-21(28-7-3)20(16-19)23-22(25)15-12-18-10-8-17(4)9-11-18/h8-16H,5-7H2,1-4H3,(H,23,25)/b15-12+. The molecule has 0 saturated heterocycles. The summed E-state index contributed by atoms with van der Waals surface area (Å²) in [5, 5.41) is 2.73. The third-order valence-electron chi connectivity index (χ3n) is 4.36. The average molecular weight is 417 g/mol. The number of nitrogens with one attached hydrogen (secondary N) is 1. The molecule has 2 aromatic carbocycles. The van der Waals surface area contributed by atoms with Crippen LogP contribution in [0.25, 0.3) is 6.08 Å². The highest BCUT2D eigenvalue weighted by atomic mass is 32.2. The van der Waals surface area contributed by atoms with Gasteiger partial charge in [0.2, 0.25) is 15.9 Å². The quantitative estimate of drug-likeness (QED) is 0.625. The first-order valence-electron chi connectivity index (χ1n) is 9.64. The van der Waals surface area contributed by atoms with E-state index < -0.39 is 10.0 Å². The lowest BCUT2D eigenvalue weighted by molar-refractivity contribution is -0.111. The van der Waals surface area contributed by atoms with Gasteiger partial charge in [0.25, 0.3) is 0 Å². The van der Waals surface area contributed by atoms with Crippen LogP contribution in [0.3, 0.4) is 0 Å². The fourth-order valence-corrected chi connectivity index (χ4v) is 4.27. The molecule has 0 unspecified atom stereocenters. The molecule has 1 N–H and O–H groups in total. The number of hydrogen-bond acceptors (Lipinski definition) is 4. The number of ether oxygens (including phenoxy) is 1. The Hall–Kier alpha value is -2.64. The predicted octanol–water partition coefficient (Wildman–Crippen LogP) is 4.08. The summed E-state index contributed by atoms with van der Waals surface area (Å²) in [5.74, 6) is 0.0481. The Morgan fingerprint density at radius 2 is 1.72 bits per heavy atom. The number of benzene rings is 2. The number of carbonyl (C=O) groups excluding carboxylic acids is 1. The van der Waals surface area contributed by atoms with E-state index in [2.05, 4.69) is 5.32 Å². The summed E-state index contributed by atoms with van der Waals surface area (Å²) in [6, 6.07) is 12.3. The van der Waals surface area contributed by atoms with Crippen molar-refractivity contribution in [3.8, 4) is 5.75 Å². The minimum atomic E-state index is -3.64. The second kappa shape index (κ2) is 10.2. The van der Waals surface area contributed by atoms with Crippen molar-refractivity contribution in [3.63, 3.8) is 0 Å². The van der Waals surface area contributed by atoms with Crippen molar-refractivity contribution >= 4 is 27.7 Å². The lowest BCUT2D eigenvalue weighted by Crippen LogP contribution is -2.30. The summed E-state index contributed by atoms with van der Waals surface area (Å²) in [6.07, 6.45) is 3.11. The summed E-state index contributed by atoms with van der Waals surface area (Å²) >= 11 is 0. The molecular formula is C22H28N2O4S. The normalized spacial score (nSPS) is 11.8. The zero-order valence-electron chi connectivity index (χ0n) is 17.3. The fourth-order valence-electron chi connectivity index (χ4n) is 2.79. The van der Waals surface area contributed by atoms with Gasteiger partial charge in [0.05, 0.1) is 17.2 Å². The van der Waals surface area contributed by atoms with Crippen LogP contribution in [-0.4, -0.2) is 38.3 Å². The number of hydrogen-bond donors (Lipinski definition) is 1. The molecular weight excluding hydrogens is 388 g/mol. The molecule has 0 spiro atoms. The van der Waals surface area contributed by atoms with E-state index in [1.54, 1.807) is 26.0 Å². The van der Waals surface area contributed by atoms with E-state index in [-0.39, 0.29) is 10.8 Å². The molecule has 0 aromatic heterocycles. The van der Waals surface area contributed by atoms with E-state index in [1.807, 2.05) is 38.1 Å². The summed E-state index contributed by atoms with van der Waals surface area (Å²) < 4.78 is 32.5. The van der Waals surface area contributed by atoms with Crippen LogP contribution in [0.2, 0.25) is 0 Å². The van der Waals surface area contributed by atoms with Crippen molar-refractivity contribution in [1.82, 2.24) is 4.31 Å². The van der Waals surface area contributed by atoms with Crippen LogP contribution in [0.5, 0.6) is 5.75 Å². The van der Waals surface area contributed by atoms with E-state index in [1.165, 1.54) is 22.5 Å². The van der Waals surface area contributed by atoms with Crippen molar-refractivity contribution in [3.05, 3.63) is 59.7 Å². The molecule has 29 heavy (non-hydrogen) atoms. The fraction of sp³-hybridized carbons (Fsp3) is 0.318. The van der Waals surface area contributed by atoms with Gasteiger partial charge in [-0.25, -0.2) is 8.42 Å². The molecule has 0 saturated carbocycles. The number of rotatable bonds is 9. The van der Waals surface area contributed by atoms with Crippen LogP contribution in [0, 0.1) is 6.92 Å². The van der Waals surface area contributed by atoms with Crippen LogP contribution in [0.1, 0.15) is 31.9 Å². The Kier molecular flexibility index (Phi) is 7.99. The van der Waals surface area contributed by atoms with Crippen molar-refractivity contribution in [2.75, 3.05) is 25.0 Å². The smallest absolute Gasteiger partial charge is 0.248 e. The minimum Gasteiger partial charge on any atom is -0.492 e. The topological polar surface area (TPSA) is 75.7 Å². The number of nitrogens with zero attached hydrogens (tertiary/aromatic N) is 1. The molecule has 2 rings (SSSR count). The molecule has 0 aliphatic heterocycles. The molecule has 156 valence electrons. The Balaban J connectivity index is 2.29. The maximum atomic E-state index is 12.8. The highest BCUT2D eigenvalue weighted by molar-refractivity contribution is 7.89. The second-order valence-corrected chi connectivity index (χ2v) is 8.35. The highest BCUT2D eigenvalue weighted by Gasteiger charge is 2.23. The number of aryl methyl sites for hydroxylation is 1. The first kappa shape index (κ1) is 22.6. The summed E-state index contributed by atoms with van der Waals surface area (Å²) in [6.45, 7) is 8.52. The third kappa shape index (κ3) is 5.92. The van der Waals surface area contributed by atoms with E-state index in [0.717, 1.165) is 11.1 Å². The lowest BCUT2D eigenvalue weighted by atomic mass is 10.1. The molecule has 0 fully saturated rings. The SMILES string of the molecule is CCOc1ccc(S(=O)(=O)N(CC)CC)cc1NC(=O)/C=C/c1ccc(C)cc1. The van der Waals surface area contributed by atoms with E-state index in [0.29, 0.717) is 31.1 Å². The van der Waals surface area contributed by atoms with Gasteiger partial charge >= 0.3 is 0 Å². The van der Waals surface area contributed by atoms with Gasteiger partial charge in [-0.05, 0) is 43.7 Å². The van der Waals surface area contributed by atoms with Crippen LogP contribution >= 0.6 is 0 Å². The van der Waals surface area contributed by atoms with Crippen molar-refractivity contribution < 1.29 is 17.9 Å². The van der Waals surface area contributed by atoms with Crippen LogP contribution in [0.4, 0.5) is 5.69 Å². The summed E-state index contributed by atoms with van der Waals surface area (Å²) in [7, 11) is -3.64. The van der Waals surface area contributed by atoms with Gasteiger partial charge in [0.15, 0.2) is 0 Å². The molecule has 7 heteroatoms. The van der Waals surface area contributed by atoms with Crippen LogP contribution in [-0.2, 0) is 14.8 Å². The van der Waals surface area contributed by atoms with Crippen LogP contribution < -0.4 is 10.1 Å². The molecule has 0 bridgehead atoms. The van der Waals surface area contributed by atoms with Gasteiger partial charge in [0.1, 0.15) is 5.75 Å². The Morgan fingerprint density at radius 1 is 1.07 bits per heavy atom. The van der Waals surface area contributed by atoms with Crippen LogP contribution in [0.15, 0.2) is 53.4 Å². The summed E-state index contributed by atoms with van der Waals surface area (Å²) in [5.41, 5.74) is 2.35. The largest absolute Gasteiger partial charge is 0.492 e. The number of sulfonamides is 1. The molecule has 0 atom stereocenters. The molecule has 1 amide bonds. The van der Waals surface area contributed by atoms with Crippen molar-refractivity contribution in [2.24, 2.45) is 0 Å².